The molecule has 4 nitrogen and oxygen atoms in total. The number of carbonyl (C=O) groups is 2. The van der Waals surface area contributed by atoms with Crippen LogP contribution in [0.15, 0.2) is 48.5 Å². The average Bonchev–Trinajstić information content (AvgIpc) is 2.54. The summed E-state index contributed by atoms with van der Waals surface area (Å²) in [5, 5.41) is 0.599. The maximum atomic E-state index is 12.2. The van der Waals surface area contributed by atoms with Crippen LogP contribution < -0.4 is 10.4 Å². The molecule has 0 atom stereocenters. The van der Waals surface area contributed by atoms with Crippen molar-refractivity contribution in [2.75, 3.05) is 12.0 Å². The van der Waals surface area contributed by atoms with E-state index in [0.29, 0.717) is 16.2 Å². The van der Waals surface area contributed by atoms with Gasteiger partial charge in [0.25, 0.3) is 0 Å². The first kappa shape index (κ1) is 16.1. The van der Waals surface area contributed by atoms with Gasteiger partial charge < -0.3 is 4.74 Å². The Bertz CT molecular complexity index is 671. The van der Waals surface area contributed by atoms with E-state index >= 15 is 0 Å². The molecule has 1 amide bonds. The molecule has 0 saturated carbocycles. The summed E-state index contributed by atoms with van der Waals surface area (Å²) in [6.45, 7) is 0.217. The van der Waals surface area contributed by atoms with Crippen LogP contribution in [0.4, 0.5) is 5.69 Å². The molecular weight excluding hydrogens is 300 g/mol. The van der Waals surface area contributed by atoms with Crippen LogP contribution in [0.25, 0.3) is 0 Å². The summed E-state index contributed by atoms with van der Waals surface area (Å²) in [7, 11) is 6.82. The van der Waals surface area contributed by atoms with Gasteiger partial charge in [-0.1, -0.05) is 41.3 Å². The maximum Gasteiger partial charge on any atom is 0.397 e. The van der Waals surface area contributed by atoms with Gasteiger partial charge in [-0.25, -0.2) is 4.79 Å². The zero-order valence-electron chi connectivity index (χ0n) is 12.0. The Morgan fingerprint density at radius 2 is 1.68 bits per heavy atom. The first-order chi connectivity index (χ1) is 10.5. The van der Waals surface area contributed by atoms with Gasteiger partial charge in [0.15, 0.2) is 0 Å². The quantitative estimate of drug-likeness (QED) is 0.493. The monoisotopic (exact) mass is 313 g/mol. The van der Waals surface area contributed by atoms with Crippen LogP contribution in [0.3, 0.4) is 0 Å². The fourth-order valence-corrected chi connectivity index (χ4v) is 2.03. The molecule has 0 heterocycles. The number of esters is 1. The summed E-state index contributed by atoms with van der Waals surface area (Å²) < 4.78 is 4.52. The van der Waals surface area contributed by atoms with Crippen molar-refractivity contribution in [1.82, 2.24) is 0 Å². The van der Waals surface area contributed by atoms with Crippen molar-refractivity contribution in [2.45, 2.75) is 6.54 Å². The predicted octanol–water partition coefficient (Wildman–Crippen LogP) is 1.84. The lowest BCUT2D eigenvalue weighted by molar-refractivity contribution is -0.151. The number of amides is 1. The Hall–Kier alpha value is -2.27. The smallest absolute Gasteiger partial charge is 0.397 e. The van der Waals surface area contributed by atoms with Gasteiger partial charge in [0, 0.05) is 10.7 Å². The van der Waals surface area contributed by atoms with Crippen LogP contribution in [0.5, 0.6) is 0 Å². The molecule has 110 valence electrons. The normalized spacial score (nSPS) is 10.1. The fourth-order valence-electron chi connectivity index (χ4n) is 1.90. The van der Waals surface area contributed by atoms with E-state index in [9.17, 15) is 9.59 Å². The van der Waals surface area contributed by atoms with Crippen molar-refractivity contribution in [1.29, 1.82) is 0 Å². The molecule has 2 aromatic rings. The van der Waals surface area contributed by atoms with Gasteiger partial charge in [0.1, 0.15) is 7.85 Å². The second-order valence-electron chi connectivity index (χ2n) is 4.60. The number of hydrogen-bond donors (Lipinski definition) is 0. The molecule has 2 rings (SSSR count). The lowest BCUT2D eigenvalue weighted by Gasteiger charge is -2.22. The van der Waals surface area contributed by atoms with E-state index < -0.39 is 11.9 Å². The van der Waals surface area contributed by atoms with Crippen molar-refractivity contribution >= 4 is 42.5 Å². The molecule has 2 radical (unpaired) electrons. The van der Waals surface area contributed by atoms with Gasteiger partial charge in [-0.3, -0.25) is 9.69 Å². The van der Waals surface area contributed by atoms with Crippen molar-refractivity contribution in [3.63, 3.8) is 0 Å². The van der Waals surface area contributed by atoms with Crippen LogP contribution in [0.2, 0.25) is 5.02 Å². The molecule has 6 heteroatoms. The molecule has 0 bridgehead atoms. The molecular formula is C16H13BClNO3. The first-order valence-corrected chi connectivity index (χ1v) is 6.89. The van der Waals surface area contributed by atoms with Crippen LogP contribution in [0, 0.1) is 0 Å². The summed E-state index contributed by atoms with van der Waals surface area (Å²) in [5.74, 6) is -1.67. The molecule has 0 aliphatic carbocycles. The van der Waals surface area contributed by atoms with Gasteiger partial charge in [0.05, 0.1) is 13.7 Å². The minimum Gasteiger partial charge on any atom is -0.462 e. The lowest BCUT2D eigenvalue weighted by atomic mass is 9.96. The fraction of sp³-hybridized carbons (Fsp3) is 0.125. The summed E-state index contributed by atoms with van der Waals surface area (Å²) in [4.78, 5) is 25.1. The SMILES string of the molecule is [B]c1ccc(N(Cc2ccc(Cl)cc2)C(=O)C(=O)OC)cc1. The van der Waals surface area contributed by atoms with E-state index in [1.165, 1.54) is 12.0 Å². The summed E-state index contributed by atoms with van der Waals surface area (Å²) in [6.07, 6.45) is 0. The molecule has 0 aromatic heterocycles. The number of rotatable bonds is 3. The number of ether oxygens (including phenoxy) is 1. The number of nitrogens with zero attached hydrogens (tertiary/aromatic N) is 1. The molecule has 0 aliphatic rings. The number of anilines is 1. The molecule has 0 spiro atoms. The molecule has 2 aromatic carbocycles. The first-order valence-electron chi connectivity index (χ1n) is 6.51. The van der Waals surface area contributed by atoms with Gasteiger partial charge >= 0.3 is 11.9 Å². The topological polar surface area (TPSA) is 46.6 Å². The average molecular weight is 314 g/mol. The molecule has 0 fully saturated rings. The van der Waals surface area contributed by atoms with E-state index in [1.54, 1.807) is 48.5 Å². The third kappa shape index (κ3) is 3.89. The third-order valence-corrected chi connectivity index (χ3v) is 3.32. The summed E-state index contributed by atoms with van der Waals surface area (Å²) in [5.41, 5.74) is 1.96. The van der Waals surface area contributed by atoms with Crippen molar-refractivity contribution in [3.8, 4) is 0 Å². The molecule has 0 aliphatic heterocycles. The summed E-state index contributed by atoms with van der Waals surface area (Å²) >= 11 is 5.85. The van der Waals surface area contributed by atoms with E-state index in [4.69, 9.17) is 19.4 Å². The van der Waals surface area contributed by atoms with Gasteiger partial charge in [0.2, 0.25) is 0 Å². The third-order valence-electron chi connectivity index (χ3n) is 3.06. The highest BCUT2D eigenvalue weighted by Crippen LogP contribution is 2.18. The molecule has 0 unspecified atom stereocenters. The Balaban J connectivity index is 2.32. The van der Waals surface area contributed by atoms with Gasteiger partial charge in [-0.05, 0) is 29.8 Å². The zero-order chi connectivity index (χ0) is 16.1. The van der Waals surface area contributed by atoms with E-state index in [-0.39, 0.29) is 6.54 Å². The second-order valence-corrected chi connectivity index (χ2v) is 5.04. The molecule has 0 N–H and O–H groups in total. The van der Waals surface area contributed by atoms with Gasteiger partial charge in [-0.15, -0.1) is 0 Å². The second kappa shape index (κ2) is 7.14. The highest BCUT2D eigenvalue weighted by Gasteiger charge is 2.24. The minimum absolute atomic E-state index is 0.217. The van der Waals surface area contributed by atoms with Crippen molar-refractivity contribution in [2.24, 2.45) is 0 Å². The van der Waals surface area contributed by atoms with E-state index in [0.717, 1.165) is 5.56 Å². The molecule has 22 heavy (non-hydrogen) atoms. The van der Waals surface area contributed by atoms with E-state index in [2.05, 4.69) is 4.74 Å². The van der Waals surface area contributed by atoms with Crippen LogP contribution >= 0.6 is 11.6 Å². The zero-order valence-corrected chi connectivity index (χ0v) is 12.7. The van der Waals surface area contributed by atoms with Crippen molar-refractivity contribution in [3.05, 3.63) is 59.1 Å². The van der Waals surface area contributed by atoms with Crippen LogP contribution in [-0.4, -0.2) is 26.8 Å². The number of carbonyl (C=O) groups excluding carboxylic acids is 2. The van der Waals surface area contributed by atoms with Crippen molar-refractivity contribution < 1.29 is 14.3 Å². The standard InChI is InChI=1S/C16H13BClNO3/c1-22-16(21)15(20)19(14-8-4-12(17)5-9-14)10-11-2-6-13(18)7-3-11/h2-9H,10H2,1H3. The number of benzene rings is 2. The number of hydrogen-bond acceptors (Lipinski definition) is 3. The van der Waals surface area contributed by atoms with Crippen LogP contribution in [-0.2, 0) is 20.9 Å². The Morgan fingerprint density at radius 1 is 1.09 bits per heavy atom. The Kier molecular flexibility index (Phi) is 5.23. The Labute approximate surface area is 135 Å². The summed E-state index contributed by atoms with van der Waals surface area (Å²) in [6, 6.07) is 13.7. The van der Waals surface area contributed by atoms with Gasteiger partial charge in [-0.2, -0.15) is 0 Å². The van der Waals surface area contributed by atoms with E-state index in [1.807, 2.05) is 0 Å². The minimum atomic E-state index is -0.925. The number of halogens is 1. The highest BCUT2D eigenvalue weighted by molar-refractivity contribution is 6.38. The highest BCUT2D eigenvalue weighted by atomic mass is 35.5. The number of methoxy groups -OCH3 is 1. The Morgan fingerprint density at radius 3 is 2.23 bits per heavy atom. The predicted molar refractivity (Wildman–Crippen MR) is 86.5 cm³/mol. The lowest BCUT2D eigenvalue weighted by Crippen LogP contribution is -2.37. The molecule has 0 saturated heterocycles. The largest absolute Gasteiger partial charge is 0.462 e. The maximum absolute atomic E-state index is 12.2. The van der Waals surface area contributed by atoms with Crippen LogP contribution in [0.1, 0.15) is 5.56 Å².